The fourth-order valence-electron chi connectivity index (χ4n) is 3.08. The molecule has 0 unspecified atom stereocenters. The predicted octanol–water partition coefficient (Wildman–Crippen LogP) is 1.68. The van der Waals surface area contributed by atoms with Crippen molar-refractivity contribution in [3.63, 3.8) is 0 Å². The number of H-pyrrole nitrogens is 1. The van der Waals surface area contributed by atoms with Crippen LogP contribution in [-0.4, -0.2) is 64.1 Å². The number of carbonyl (C=O) groups is 2. The first kappa shape index (κ1) is 21.6. The number of benzene rings is 1. The van der Waals surface area contributed by atoms with E-state index in [4.69, 9.17) is 5.73 Å². The van der Waals surface area contributed by atoms with Crippen LogP contribution in [0.3, 0.4) is 0 Å². The standard InChI is InChI=1S/C18H25N7O2.ClH/c1-24(2)18(27)25-9-7-13(8-10-25)17(26)20-14-5-3-12(4-6-14)16-21-15(11-19)22-23-16;/h3-6,13H,7-11,19H2,1-2H3,(H,20,26)(H,21,22,23);1H. The van der Waals surface area contributed by atoms with Crippen LogP contribution in [0.4, 0.5) is 10.5 Å². The van der Waals surface area contributed by atoms with Crippen LogP contribution >= 0.6 is 12.4 Å². The lowest BCUT2D eigenvalue weighted by Crippen LogP contribution is -2.45. The normalized spacial score (nSPS) is 14.3. The third-order valence-corrected chi connectivity index (χ3v) is 4.65. The van der Waals surface area contributed by atoms with Crippen LogP contribution in [0.25, 0.3) is 11.4 Å². The van der Waals surface area contributed by atoms with E-state index in [1.165, 1.54) is 0 Å². The van der Waals surface area contributed by atoms with Crippen LogP contribution in [-0.2, 0) is 11.3 Å². The molecule has 0 aliphatic carbocycles. The number of anilines is 1. The van der Waals surface area contributed by atoms with Gasteiger partial charge in [0, 0.05) is 44.4 Å². The van der Waals surface area contributed by atoms with Gasteiger partial charge < -0.3 is 20.9 Å². The maximum atomic E-state index is 12.5. The van der Waals surface area contributed by atoms with Crippen molar-refractivity contribution in [1.29, 1.82) is 0 Å². The number of hydrogen-bond acceptors (Lipinski definition) is 5. The maximum Gasteiger partial charge on any atom is 0.319 e. The number of aromatic nitrogens is 3. The van der Waals surface area contributed by atoms with Gasteiger partial charge in [0.05, 0.1) is 6.54 Å². The molecule has 3 rings (SSSR count). The topological polar surface area (TPSA) is 120 Å². The molecule has 1 aromatic carbocycles. The number of carbonyl (C=O) groups excluding carboxylic acids is 2. The van der Waals surface area contributed by atoms with Gasteiger partial charge in [-0.2, -0.15) is 5.10 Å². The number of likely N-dealkylation sites (tertiary alicyclic amines) is 1. The molecule has 1 saturated heterocycles. The number of nitrogens with two attached hydrogens (primary N) is 1. The van der Waals surface area contributed by atoms with Crippen LogP contribution in [0.1, 0.15) is 18.7 Å². The monoisotopic (exact) mass is 407 g/mol. The molecule has 0 atom stereocenters. The minimum Gasteiger partial charge on any atom is -0.331 e. The zero-order valence-electron chi connectivity index (χ0n) is 16.0. The van der Waals surface area contributed by atoms with E-state index in [0.717, 1.165) is 11.3 Å². The van der Waals surface area contributed by atoms with Crippen molar-refractivity contribution in [1.82, 2.24) is 25.0 Å². The van der Waals surface area contributed by atoms with Crippen LogP contribution in [0.5, 0.6) is 0 Å². The van der Waals surface area contributed by atoms with Gasteiger partial charge in [-0.3, -0.25) is 9.89 Å². The zero-order valence-corrected chi connectivity index (χ0v) is 16.8. The highest BCUT2D eigenvalue weighted by Gasteiger charge is 2.28. The lowest BCUT2D eigenvalue weighted by atomic mass is 9.96. The summed E-state index contributed by atoms with van der Waals surface area (Å²) in [5, 5.41) is 9.84. The Kier molecular flexibility index (Phi) is 7.36. The Morgan fingerprint density at radius 1 is 1.25 bits per heavy atom. The van der Waals surface area contributed by atoms with E-state index in [-0.39, 0.29) is 30.3 Å². The minimum atomic E-state index is -0.0870. The van der Waals surface area contributed by atoms with Gasteiger partial charge in [0.25, 0.3) is 0 Å². The molecule has 1 aliphatic heterocycles. The molecule has 28 heavy (non-hydrogen) atoms. The van der Waals surface area contributed by atoms with Gasteiger partial charge in [0.2, 0.25) is 5.91 Å². The Balaban J connectivity index is 0.00000280. The summed E-state index contributed by atoms with van der Waals surface area (Å²) in [4.78, 5) is 32.1. The molecule has 1 fully saturated rings. The fraction of sp³-hybridized carbons (Fsp3) is 0.444. The van der Waals surface area contributed by atoms with Crippen LogP contribution < -0.4 is 11.1 Å². The molecule has 9 nitrogen and oxygen atoms in total. The number of amides is 3. The summed E-state index contributed by atoms with van der Waals surface area (Å²) in [6, 6.07) is 7.37. The lowest BCUT2D eigenvalue weighted by molar-refractivity contribution is -0.121. The van der Waals surface area contributed by atoms with Gasteiger partial charge in [0.15, 0.2) is 5.82 Å². The highest BCUT2D eigenvalue weighted by Crippen LogP contribution is 2.22. The quantitative estimate of drug-likeness (QED) is 0.712. The molecule has 2 heterocycles. The summed E-state index contributed by atoms with van der Waals surface area (Å²) in [5.41, 5.74) is 7.10. The SMILES string of the molecule is CN(C)C(=O)N1CCC(C(=O)Nc2ccc(-c3n[nH]c(CN)n3)cc2)CC1.Cl. The molecule has 10 heteroatoms. The maximum absolute atomic E-state index is 12.5. The summed E-state index contributed by atoms with van der Waals surface area (Å²) in [6.45, 7) is 1.50. The molecule has 0 spiro atoms. The number of urea groups is 1. The Bertz CT molecular complexity index is 799. The minimum absolute atomic E-state index is 0. The van der Waals surface area contributed by atoms with E-state index in [1.54, 1.807) is 23.9 Å². The van der Waals surface area contributed by atoms with Crippen molar-refractivity contribution in [2.24, 2.45) is 11.7 Å². The number of halogens is 1. The van der Waals surface area contributed by atoms with Gasteiger partial charge in [-0.25, -0.2) is 9.78 Å². The molecule has 0 saturated carbocycles. The van der Waals surface area contributed by atoms with E-state index in [9.17, 15) is 9.59 Å². The van der Waals surface area contributed by atoms with Crippen molar-refractivity contribution >= 4 is 30.0 Å². The molecular formula is C18H26ClN7O2. The molecule has 152 valence electrons. The first-order chi connectivity index (χ1) is 13.0. The highest BCUT2D eigenvalue weighted by molar-refractivity contribution is 5.93. The highest BCUT2D eigenvalue weighted by atomic mass is 35.5. The van der Waals surface area contributed by atoms with E-state index >= 15 is 0 Å². The average molecular weight is 408 g/mol. The molecule has 4 N–H and O–H groups in total. The van der Waals surface area contributed by atoms with Crippen molar-refractivity contribution in [2.45, 2.75) is 19.4 Å². The van der Waals surface area contributed by atoms with Crippen molar-refractivity contribution in [2.75, 3.05) is 32.5 Å². The van der Waals surface area contributed by atoms with Crippen LogP contribution in [0.2, 0.25) is 0 Å². The van der Waals surface area contributed by atoms with E-state index in [1.807, 2.05) is 24.3 Å². The molecule has 0 radical (unpaired) electrons. The smallest absolute Gasteiger partial charge is 0.319 e. The number of hydrogen-bond donors (Lipinski definition) is 3. The van der Waals surface area contributed by atoms with Crippen molar-refractivity contribution < 1.29 is 9.59 Å². The number of nitrogens with zero attached hydrogens (tertiary/aromatic N) is 4. The van der Waals surface area contributed by atoms with Gasteiger partial charge in [-0.05, 0) is 37.1 Å². The molecule has 3 amide bonds. The Morgan fingerprint density at radius 2 is 1.89 bits per heavy atom. The molecule has 1 aromatic heterocycles. The molecular weight excluding hydrogens is 382 g/mol. The lowest BCUT2D eigenvalue weighted by Gasteiger charge is -2.33. The number of rotatable bonds is 4. The second kappa shape index (κ2) is 9.52. The summed E-state index contributed by atoms with van der Waals surface area (Å²) in [7, 11) is 3.47. The van der Waals surface area contributed by atoms with Crippen LogP contribution in [0.15, 0.2) is 24.3 Å². The molecule has 1 aliphatic rings. The van der Waals surface area contributed by atoms with Crippen molar-refractivity contribution in [3.05, 3.63) is 30.1 Å². The number of piperidine rings is 1. The van der Waals surface area contributed by atoms with Crippen LogP contribution in [0, 0.1) is 5.92 Å². The fourth-order valence-corrected chi connectivity index (χ4v) is 3.08. The first-order valence-corrected chi connectivity index (χ1v) is 8.97. The van der Waals surface area contributed by atoms with Gasteiger partial charge >= 0.3 is 6.03 Å². The van der Waals surface area contributed by atoms with Crippen molar-refractivity contribution in [3.8, 4) is 11.4 Å². The summed E-state index contributed by atoms with van der Waals surface area (Å²) < 4.78 is 0. The first-order valence-electron chi connectivity index (χ1n) is 8.97. The largest absolute Gasteiger partial charge is 0.331 e. The molecule has 0 bridgehead atoms. The third-order valence-electron chi connectivity index (χ3n) is 4.65. The predicted molar refractivity (Wildman–Crippen MR) is 109 cm³/mol. The summed E-state index contributed by atoms with van der Waals surface area (Å²) in [5.74, 6) is 1.10. The average Bonchev–Trinajstić information content (AvgIpc) is 3.17. The third kappa shape index (κ3) is 4.99. The van der Waals surface area contributed by atoms with Gasteiger partial charge in [-0.1, -0.05) is 0 Å². The summed E-state index contributed by atoms with van der Waals surface area (Å²) >= 11 is 0. The van der Waals surface area contributed by atoms with E-state index in [2.05, 4.69) is 20.5 Å². The van der Waals surface area contributed by atoms with E-state index in [0.29, 0.717) is 44.1 Å². The number of nitrogens with one attached hydrogen (secondary N) is 2. The van der Waals surface area contributed by atoms with Gasteiger partial charge in [0.1, 0.15) is 5.82 Å². The number of aromatic amines is 1. The summed E-state index contributed by atoms with van der Waals surface area (Å²) in [6.07, 6.45) is 1.34. The Labute approximate surface area is 170 Å². The second-order valence-corrected chi connectivity index (χ2v) is 6.81. The van der Waals surface area contributed by atoms with E-state index < -0.39 is 0 Å². The Morgan fingerprint density at radius 3 is 2.43 bits per heavy atom. The Hall–Kier alpha value is -2.65. The van der Waals surface area contributed by atoms with Gasteiger partial charge in [-0.15, -0.1) is 12.4 Å². The zero-order chi connectivity index (χ0) is 19.4. The second-order valence-electron chi connectivity index (χ2n) is 6.81. The molecule has 2 aromatic rings.